The normalized spacial score (nSPS) is 17.8. The highest BCUT2D eigenvalue weighted by atomic mass is 16.2. The molecule has 1 aliphatic heterocycles. The Balaban J connectivity index is 1.49. The highest BCUT2D eigenvalue weighted by Gasteiger charge is 2.27. The number of nitrogens with zero attached hydrogens (tertiary/aromatic N) is 4. The summed E-state index contributed by atoms with van der Waals surface area (Å²) in [7, 11) is 0. The number of aromatic nitrogens is 5. The summed E-state index contributed by atoms with van der Waals surface area (Å²) in [6.45, 7) is 1.46. The third kappa shape index (κ3) is 2.80. The van der Waals surface area contributed by atoms with E-state index in [0.717, 1.165) is 36.5 Å². The third-order valence-corrected chi connectivity index (χ3v) is 4.47. The number of benzene rings is 1. The number of carbonyl (C=O) groups is 1. The van der Waals surface area contributed by atoms with Crippen LogP contribution in [-0.2, 0) is 0 Å². The lowest BCUT2D eigenvalue weighted by Crippen LogP contribution is -2.39. The van der Waals surface area contributed by atoms with E-state index in [1.165, 1.54) is 6.33 Å². The molecular weight excluding hydrogens is 304 g/mol. The molecule has 0 aliphatic carbocycles. The van der Waals surface area contributed by atoms with E-state index in [1.807, 2.05) is 35.2 Å². The van der Waals surface area contributed by atoms with Crippen LogP contribution in [0.25, 0.3) is 11.3 Å². The van der Waals surface area contributed by atoms with Gasteiger partial charge in [-0.15, -0.1) is 0 Å². The number of hydrogen-bond acceptors (Lipinski definition) is 4. The Hall–Kier alpha value is -2.96. The van der Waals surface area contributed by atoms with E-state index in [9.17, 15) is 4.79 Å². The fraction of sp³-hybridized carbons (Fsp3) is 0.294. The average molecular weight is 322 g/mol. The molecule has 2 aromatic heterocycles. The second-order valence-corrected chi connectivity index (χ2v) is 6.01. The summed E-state index contributed by atoms with van der Waals surface area (Å²) in [4.78, 5) is 18.9. The minimum atomic E-state index is 0.0652. The van der Waals surface area contributed by atoms with Gasteiger partial charge >= 0.3 is 0 Å². The molecule has 1 saturated heterocycles. The predicted octanol–water partition coefficient (Wildman–Crippen LogP) is 2.21. The summed E-state index contributed by atoms with van der Waals surface area (Å²) < 4.78 is 0. The number of carbonyl (C=O) groups excluding carboxylic acids is 1. The van der Waals surface area contributed by atoms with Crippen molar-refractivity contribution in [1.29, 1.82) is 0 Å². The van der Waals surface area contributed by atoms with Gasteiger partial charge in [0.1, 0.15) is 12.2 Å². The van der Waals surface area contributed by atoms with E-state index in [2.05, 4.69) is 25.4 Å². The van der Waals surface area contributed by atoms with Crippen molar-refractivity contribution in [3.8, 4) is 11.3 Å². The predicted molar refractivity (Wildman–Crippen MR) is 88.3 cm³/mol. The van der Waals surface area contributed by atoms with Crippen LogP contribution in [0.3, 0.4) is 0 Å². The first-order valence-corrected chi connectivity index (χ1v) is 8.05. The summed E-state index contributed by atoms with van der Waals surface area (Å²) in [5, 5.41) is 13.7. The number of H-pyrrole nitrogens is 2. The van der Waals surface area contributed by atoms with Crippen molar-refractivity contribution >= 4 is 5.91 Å². The Morgan fingerprint density at radius 3 is 2.71 bits per heavy atom. The minimum absolute atomic E-state index is 0.0652. The molecule has 24 heavy (non-hydrogen) atoms. The lowest BCUT2D eigenvalue weighted by molar-refractivity contribution is 0.0704. The van der Waals surface area contributed by atoms with E-state index in [-0.39, 0.29) is 11.8 Å². The molecule has 7 nitrogen and oxygen atoms in total. The van der Waals surface area contributed by atoms with E-state index in [1.54, 1.807) is 6.20 Å². The van der Waals surface area contributed by atoms with Crippen molar-refractivity contribution in [1.82, 2.24) is 30.3 Å². The molecule has 1 atom stereocenters. The summed E-state index contributed by atoms with van der Waals surface area (Å²) in [5.74, 6) is 1.16. The first kappa shape index (κ1) is 14.6. The van der Waals surface area contributed by atoms with Crippen LogP contribution in [-0.4, -0.2) is 49.3 Å². The van der Waals surface area contributed by atoms with Crippen molar-refractivity contribution in [2.75, 3.05) is 13.1 Å². The summed E-state index contributed by atoms with van der Waals surface area (Å²) >= 11 is 0. The Labute approximate surface area is 139 Å². The Morgan fingerprint density at radius 1 is 1.12 bits per heavy atom. The number of rotatable bonds is 3. The molecule has 0 spiro atoms. The Kier molecular flexibility index (Phi) is 3.82. The Bertz CT molecular complexity index is 794. The molecule has 0 radical (unpaired) electrons. The molecule has 122 valence electrons. The van der Waals surface area contributed by atoms with Gasteiger partial charge in [-0.25, -0.2) is 4.98 Å². The van der Waals surface area contributed by atoms with Gasteiger partial charge in [-0.2, -0.15) is 10.2 Å². The molecule has 1 amide bonds. The Morgan fingerprint density at radius 2 is 2.00 bits per heavy atom. The second-order valence-electron chi connectivity index (χ2n) is 6.01. The molecule has 1 fully saturated rings. The fourth-order valence-electron chi connectivity index (χ4n) is 3.19. The lowest BCUT2D eigenvalue weighted by Gasteiger charge is -2.31. The number of piperidine rings is 1. The molecular formula is C17H18N6O. The fourth-order valence-corrected chi connectivity index (χ4v) is 3.19. The van der Waals surface area contributed by atoms with Crippen LogP contribution in [0.2, 0.25) is 0 Å². The zero-order valence-electron chi connectivity index (χ0n) is 13.1. The van der Waals surface area contributed by atoms with E-state index >= 15 is 0 Å². The number of amides is 1. The van der Waals surface area contributed by atoms with Gasteiger partial charge in [-0.1, -0.05) is 12.1 Å². The highest BCUT2D eigenvalue weighted by Crippen LogP contribution is 2.25. The first-order chi connectivity index (χ1) is 11.8. The number of nitrogens with one attached hydrogen (secondary N) is 2. The third-order valence-electron chi connectivity index (χ3n) is 4.47. The van der Waals surface area contributed by atoms with E-state index in [4.69, 9.17) is 0 Å². The number of likely N-dealkylation sites (tertiary alicyclic amines) is 1. The van der Waals surface area contributed by atoms with E-state index in [0.29, 0.717) is 12.1 Å². The van der Waals surface area contributed by atoms with Crippen LogP contribution in [0.1, 0.15) is 34.9 Å². The minimum Gasteiger partial charge on any atom is -0.338 e. The molecule has 3 aromatic rings. The van der Waals surface area contributed by atoms with Gasteiger partial charge in [0, 0.05) is 30.8 Å². The van der Waals surface area contributed by atoms with Crippen LogP contribution in [0.15, 0.2) is 42.9 Å². The van der Waals surface area contributed by atoms with Crippen molar-refractivity contribution in [3.05, 3.63) is 54.2 Å². The van der Waals surface area contributed by atoms with Crippen LogP contribution in [0.5, 0.6) is 0 Å². The number of aromatic amines is 2. The SMILES string of the molecule is O=C(c1ccc(-c2ccn[nH]2)cc1)N1CCC[C@H](c2ncn[nH]2)C1. The van der Waals surface area contributed by atoms with Crippen LogP contribution in [0.4, 0.5) is 0 Å². The highest BCUT2D eigenvalue weighted by molar-refractivity contribution is 5.94. The molecule has 4 rings (SSSR count). The summed E-state index contributed by atoms with van der Waals surface area (Å²) in [5.41, 5.74) is 2.66. The molecule has 3 heterocycles. The van der Waals surface area contributed by atoms with Gasteiger partial charge in [-0.05, 0) is 36.6 Å². The van der Waals surface area contributed by atoms with E-state index < -0.39 is 0 Å². The molecule has 1 aromatic carbocycles. The molecule has 0 unspecified atom stereocenters. The maximum absolute atomic E-state index is 12.8. The summed E-state index contributed by atoms with van der Waals surface area (Å²) in [6.07, 6.45) is 5.23. The quantitative estimate of drug-likeness (QED) is 0.773. The standard InChI is InChI=1S/C17H18N6O/c24-17(13-5-3-12(4-6-13)15-7-8-19-21-15)23-9-1-2-14(10-23)16-18-11-20-22-16/h3-8,11,14H,1-2,9-10H2,(H,19,21)(H,18,20,22)/t14-/m0/s1. The molecule has 2 N–H and O–H groups in total. The van der Waals surface area contributed by atoms with Gasteiger partial charge in [-0.3, -0.25) is 15.0 Å². The molecule has 0 saturated carbocycles. The lowest BCUT2D eigenvalue weighted by atomic mass is 9.96. The average Bonchev–Trinajstić information content (AvgIpc) is 3.35. The first-order valence-electron chi connectivity index (χ1n) is 8.05. The van der Waals surface area contributed by atoms with Crippen molar-refractivity contribution < 1.29 is 4.79 Å². The van der Waals surface area contributed by atoms with Crippen LogP contribution in [0, 0.1) is 0 Å². The van der Waals surface area contributed by atoms with Gasteiger partial charge in [0.25, 0.3) is 5.91 Å². The molecule has 7 heteroatoms. The van der Waals surface area contributed by atoms with Gasteiger partial charge in [0.05, 0.1) is 5.69 Å². The van der Waals surface area contributed by atoms with Crippen molar-refractivity contribution in [3.63, 3.8) is 0 Å². The smallest absolute Gasteiger partial charge is 0.253 e. The monoisotopic (exact) mass is 322 g/mol. The van der Waals surface area contributed by atoms with Crippen LogP contribution < -0.4 is 0 Å². The second kappa shape index (κ2) is 6.27. The van der Waals surface area contributed by atoms with Gasteiger partial charge in [0.15, 0.2) is 0 Å². The van der Waals surface area contributed by atoms with Gasteiger partial charge in [0.2, 0.25) is 0 Å². The van der Waals surface area contributed by atoms with Crippen LogP contribution >= 0.6 is 0 Å². The number of hydrogen-bond donors (Lipinski definition) is 2. The zero-order chi connectivity index (χ0) is 16.4. The molecule has 1 aliphatic rings. The van der Waals surface area contributed by atoms with Gasteiger partial charge < -0.3 is 4.90 Å². The van der Waals surface area contributed by atoms with Crippen molar-refractivity contribution in [2.45, 2.75) is 18.8 Å². The largest absolute Gasteiger partial charge is 0.338 e. The zero-order valence-corrected chi connectivity index (χ0v) is 13.1. The van der Waals surface area contributed by atoms with Crippen molar-refractivity contribution in [2.24, 2.45) is 0 Å². The maximum atomic E-state index is 12.8. The topological polar surface area (TPSA) is 90.6 Å². The molecule has 0 bridgehead atoms. The maximum Gasteiger partial charge on any atom is 0.253 e. The summed E-state index contributed by atoms with van der Waals surface area (Å²) in [6, 6.07) is 9.54.